The first-order valence-electron chi connectivity index (χ1n) is 11.0. The van der Waals surface area contributed by atoms with Crippen LogP contribution in [-0.2, 0) is 14.3 Å². The van der Waals surface area contributed by atoms with Gasteiger partial charge in [-0.05, 0) is 47.4 Å². The molecule has 7 nitrogen and oxygen atoms in total. The van der Waals surface area contributed by atoms with Gasteiger partial charge >= 0.3 is 12.1 Å². The summed E-state index contributed by atoms with van der Waals surface area (Å²) in [5.41, 5.74) is 4.48. The monoisotopic (exact) mass is 436 g/mol. The van der Waals surface area contributed by atoms with Crippen molar-refractivity contribution in [2.24, 2.45) is 5.92 Å². The summed E-state index contributed by atoms with van der Waals surface area (Å²) < 4.78 is 5.49. The number of hydrogen-bond acceptors (Lipinski definition) is 4. The van der Waals surface area contributed by atoms with Gasteiger partial charge in [-0.3, -0.25) is 4.79 Å². The highest BCUT2D eigenvalue weighted by Gasteiger charge is 2.31. The van der Waals surface area contributed by atoms with E-state index in [4.69, 9.17) is 4.74 Å². The van der Waals surface area contributed by atoms with Crippen molar-refractivity contribution in [2.75, 3.05) is 19.7 Å². The van der Waals surface area contributed by atoms with Crippen molar-refractivity contribution >= 4 is 18.0 Å². The highest BCUT2D eigenvalue weighted by molar-refractivity contribution is 5.81. The van der Waals surface area contributed by atoms with Gasteiger partial charge in [0.1, 0.15) is 12.6 Å². The number of nitrogens with zero attached hydrogens (tertiary/aromatic N) is 1. The molecule has 0 unspecified atom stereocenters. The van der Waals surface area contributed by atoms with Crippen LogP contribution in [0.25, 0.3) is 11.1 Å². The first-order chi connectivity index (χ1) is 15.4. The second-order valence-corrected chi connectivity index (χ2v) is 8.55. The summed E-state index contributed by atoms with van der Waals surface area (Å²) in [5.74, 6) is -0.976. The van der Waals surface area contributed by atoms with Crippen molar-refractivity contribution in [3.63, 3.8) is 0 Å². The minimum Gasteiger partial charge on any atom is -0.480 e. The van der Waals surface area contributed by atoms with Crippen LogP contribution in [0.2, 0.25) is 0 Å². The Hall–Kier alpha value is -3.35. The van der Waals surface area contributed by atoms with Crippen molar-refractivity contribution in [3.05, 3.63) is 59.7 Å². The Kier molecular flexibility index (Phi) is 6.44. The van der Waals surface area contributed by atoms with Crippen LogP contribution in [0.1, 0.15) is 43.2 Å². The van der Waals surface area contributed by atoms with Crippen molar-refractivity contribution in [3.8, 4) is 11.1 Å². The molecule has 1 atom stereocenters. The third kappa shape index (κ3) is 4.61. The molecule has 1 fully saturated rings. The van der Waals surface area contributed by atoms with Crippen LogP contribution in [0.15, 0.2) is 48.5 Å². The van der Waals surface area contributed by atoms with E-state index in [1.807, 2.05) is 36.4 Å². The number of benzene rings is 2. The number of amides is 2. The lowest BCUT2D eigenvalue weighted by Gasteiger charge is -2.32. The molecule has 168 valence electrons. The average Bonchev–Trinajstić information content (AvgIpc) is 3.11. The van der Waals surface area contributed by atoms with Gasteiger partial charge in [-0.25, -0.2) is 9.59 Å². The molecular formula is C25H28N2O5. The van der Waals surface area contributed by atoms with E-state index in [-0.39, 0.29) is 24.3 Å². The van der Waals surface area contributed by atoms with E-state index >= 15 is 0 Å². The number of alkyl carbamates (subject to hydrolysis) is 1. The van der Waals surface area contributed by atoms with Gasteiger partial charge in [0.15, 0.2) is 0 Å². The fourth-order valence-corrected chi connectivity index (χ4v) is 4.82. The Balaban J connectivity index is 1.35. The Morgan fingerprint density at radius 1 is 1.03 bits per heavy atom. The second kappa shape index (κ2) is 9.42. The highest BCUT2D eigenvalue weighted by Crippen LogP contribution is 2.44. The maximum Gasteiger partial charge on any atom is 0.407 e. The van der Waals surface area contributed by atoms with E-state index in [1.165, 1.54) is 0 Å². The molecule has 32 heavy (non-hydrogen) atoms. The predicted molar refractivity (Wildman–Crippen MR) is 119 cm³/mol. The van der Waals surface area contributed by atoms with E-state index in [0.717, 1.165) is 35.1 Å². The largest absolute Gasteiger partial charge is 0.480 e. The van der Waals surface area contributed by atoms with E-state index in [0.29, 0.717) is 19.5 Å². The third-order valence-electron chi connectivity index (χ3n) is 6.56. The summed E-state index contributed by atoms with van der Waals surface area (Å²) in [7, 11) is 0. The number of piperidine rings is 1. The van der Waals surface area contributed by atoms with Crippen LogP contribution < -0.4 is 5.32 Å². The molecule has 0 radical (unpaired) electrons. The van der Waals surface area contributed by atoms with E-state index in [9.17, 15) is 19.5 Å². The molecule has 0 bridgehead atoms. The van der Waals surface area contributed by atoms with E-state index in [2.05, 4.69) is 17.4 Å². The zero-order valence-electron chi connectivity index (χ0n) is 18.1. The van der Waals surface area contributed by atoms with Gasteiger partial charge in [-0.2, -0.15) is 0 Å². The molecule has 1 heterocycles. The normalized spacial score (nSPS) is 16.7. The summed E-state index contributed by atoms with van der Waals surface area (Å²) in [6, 6.07) is 15.1. The molecule has 0 spiro atoms. The number of ether oxygens (including phenoxy) is 1. The zero-order chi connectivity index (χ0) is 22.7. The quantitative estimate of drug-likeness (QED) is 0.721. The summed E-state index contributed by atoms with van der Waals surface area (Å²) in [6.07, 6.45) is 1.07. The van der Waals surface area contributed by atoms with Crippen LogP contribution in [-0.4, -0.2) is 53.7 Å². The van der Waals surface area contributed by atoms with Crippen LogP contribution in [0.4, 0.5) is 4.79 Å². The first kappa shape index (κ1) is 21.9. The molecule has 2 aliphatic rings. The molecule has 1 saturated heterocycles. The highest BCUT2D eigenvalue weighted by atomic mass is 16.5. The van der Waals surface area contributed by atoms with Crippen molar-refractivity contribution in [1.29, 1.82) is 0 Å². The topological polar surface area (TPSA) is 95.9 Å². The first-order valence-corrected chi connectivity index (χ1v) is 11.0. The Labute approximate surface area is 187 Å². The molecule has 4 rings (SSSR count). The van der Waals surface area contributed by atoms with Crippen LogP contribution in [0.5, 0.6) is 0 Å². The van der Waals surface area contributed by atoms with Crippen molar-refractivity contribution in [1.82, 2.24) is 10.2 Å². The van der Waals surface area contributed by atoms with Gasteiger partial charge in [-0.1, -0.05) is 48.5 Å². The lowest BCUT2D eigenvalue weighted by molar-refractivity contribution is -0.140. The number of nitrogens with one attached hydrogen (secondary N) is 1. The lowest BCUT2D eigenvalue weighted by atomic mass is 9.90. The summed E-state index contributed by atoms with van der Waals surface area (Å²) in [4.78, 5) is 37.4. The van der Waals surface area contributed by atoms with Crippen LogP contribution in [0, 0.1) is 5.92 Å². The number of hydrogen-bond donors (Lipinski definition) is 2. The van der Waals surface area contributed by atoms with E-state index in [1.54, 1.807) is 11.8 Å². The Bertz CT molecular complexity index is 967. The molecule has 2 N–H and O–H groups in total. The smallest absolute Gasteiger partial charge is 0.407 e. The maximum atomic E-state index is 12.5. The number of rotatable bonds is 6. The van der Waals surface area contributed by atoms with Gasteiger partial charge in [0, 0.05) is 25.9 Å². The standard InChI is InChI=1S/C25H28N2O5/c1-16(28)27-12-10-17(11-13-27)14-23(24(29)30)26-25(31)32-15-22-20-8-4-2-6-18(20)19-7-3-5-9-21(19)22/h2-9,17,22-23H,10-15H2,1H3,(H,26,31)(H,29,30)/t23-/m1/s1. The van der Waals surface area contributed by atoms with Gasteiger partial charge in [0.05, 0.1) is 0 Å². The Morgan fingerprint density at radius 3 is 2.12 bits per heavy atom. The maximum absolute atomic E-state index is 12.5. The molecule has 1 aliphatic heterocycles. The fraction of sp³-hybridized carbons (Fsp3) is 0.400. The molecule has 0 saturated carbocycles. The lowest BCUT2D eigenvalue weighted by Crippen LogP contribution is -2.44. The molecule has 2 aromatic rings. The predicted octanol–water partition coefficient (Wildman–Crippen LogP) is 3.63. The number of carboxylic acid groups (broad SMARTS) is 1. The average molecular weight is 437 g/mol. The van der Waals surface area contributed by atoms with Crippen LogP contribution in [0.3, 0.4) is 0 Å². The third-order valence-corrected chi connectivity index (χ3v) is 6.56. The minimum absolute atomic E-state index is 0.0370. The fourth-order valence-electron chi connectivity index (χ4n) is 4.82. The summed E-state index contributed by atoms with van der Waals surface area (Å²) >= 11 is 0. The number of likely N-dealkylation sites (tertiary alicyclic amines) is 1. The second-order valence-electron chi connectivity index (χ2n) is 8.55. The molecule has 2 amide bonds. The van der Waals surface area contributed by atoms with Gasteiger partial charge in [0.2, 0.25) is 5.91 Å². The SMILES string of the molecule is CC(=O)N1CCC(C[C@@H](NC(=O)OCC2c3ccccc3-c3ccccc32)C(=O)O)CC1. The number of fused-ring (bicyclic) bond motifs is 3. The molecule has 7 heteroatoms. The van der Waals surface area contributed by atoms with Gasteiger partial charge in [-0.15, -0.1) is 0 Å². The van der Waals surface area contributed by atoms with Gasteiger partial charge in [0.25, 0.3) is 0 Å². The Morgan fingerprint density at radius 2 is 1.59 bits per heavy atom. The van der Waals surface area contributed by atoms with E-state index < -0.39 is 18.1 Å². The molecule has 1 aliphatic carbocycles. The van der Waals surface area contributed by atoms with Crippen molar-refractivity contribution in [2.45, 2.75) is 38.1 Å². The minimum atomic E-state index is -1.08. The molecule has 2 aromatic carbocycles. The van der Waals surface area contributed by atoms with Gasteiger partial charge < -0.3 is 20.1 Å². The zero-order valence-corrected chi connectivity index (χ0v) is 18.1. The summed E-state index contributed by atoms with van der Waals surface area (Å²) in [6.45, 7) is 2.93. The number of aliphatic carboxylic acids is 1. The number of carboxylic acids is 1. The number of carbonyl (C=O) groups is 3. The van der Waals surface area contributed by atoms with Crippen LogP contribution >= 0.6 is 0 Å². The molecule has 0 aromatic heterocycles. The van der Waals surface area contributed by atoms with Crippen molar-refractivity contribution < 1.29 is 24.2 Å². The summed E-state index contributed by atoms with van der Waals surface area (Å²) in [5, 5.41) is 12.1. The molecular weight excluding hydrogens is 408 g/mol. The number of carbonyl (C=O) groups excluding carboxylic acids is 2.